The largest absolute Gasteiger partial charge is 0.357 e. The number of nitrogens with zero attached hydrogens (tertiary/aromatic N) is 2. The van der Waals surface area contributed by atoms with Gasteiger partial charge >= 0.3 is 0 Å². The third-order valence-corrected chi connectivity index (χ3v) is 4.85. The Morgan fingerprint density at radius 1 is 0.783 bits per heavy atom. The topological polar surface area (TPSA) is 27.6 Å². The normalized spacial score (nSPS) is 18.1. The quantitative estimate of drug-likeness (QED) is 0.810. The zero-order valence-electron chi connectivity index (χ0n) is 13.5. The van der Waals surface area contributed by atoms with E-state index in [9.17, 15) is 0 Å². The molecule has 0 bridgehead atoms. The monoisotopic (exact) mass is 305 g/mol. The summed E-state index contributed by atoms with van der Waals surface area (Å²) in [5.41, 5.74) is 5.40. The molecule has 2 aliphatic heterocycles. The molecule has 2 heterocycles. The van der Waals surface area contributed by atoms with Crippen molar-refractivity contribution >= 4 is 11.5 Å². The van der Waals surface area contributed by atoms with Gasteiger partial charge in [0.1, 0.15) is 5.84 Å². The minimum absolute atomic E-state index is 0.935. The van der Waals surface area contributed by atoms with Gasteiger partial charge in [-0.05, 0) is 35.6 Å². The molecule has 0 aliphatic carbocycles. The van der Waals surface area contributed by atoms with E-state index in [-0.39, 0.29) is 0 Å². The summed E-state index contributed by atoms with van der Waals surface area (Å²) in [4.78, 5) is 7.55. The highest BCUT2D eigenvalue weighted by atomic mass is 15.2. The van der Waals surface area contributed by atoms with Gasteiger partial charge in [-0.15, -0.1) is 0 Å². The van der Waals surface area contributed by atoms with Gasteiger partial charge in [-0.1, -0.05) is 42.5 Å². The summed E-state index contributed by atoms with van der Waals surface area (Å²) in [6, 6.07) is 17.5. The van der Waals surface area contributed by atoms with Gasteiger partial charge in [0.05, 0.1) is 5.69 Å². The standard InChI is InChI=1S/C20H23N3/c1-2-7-18-15-20(23-13-11-21-12-14-23)22-19-8-4-3-6-17(19)10-9-16(18)5-1/h1-8,21H,9-15H2. The number of piperazine rings is 1. The van der Waals surface area contributed by atoms with E-state index in [0.29, 0.717) is 0 Å². The van der Waals surface area contributed by atoms with E-state index in [1.807, 2.05) is 0 Å². The average Bonchev–Trinajstić information content (AvgIpc) is 2.69. The second-order valence-electron chi connectivity index (χ2n) is 6.34. The summed E-state index contributed by atoms with van der Waals surface area (Å²) in [5, 5.41) is 3.44. The van der Waals surface area contributed by atoms with Crippen LogP contribution in [-0.4, -0.2) is 36.9 Å². The van der Waals surface area contributed by atoms with Crippen LogP contribution < -0.4 is 5.32 Å². The SMILES string of the molecule is c1ccc2c(c1)CCc1ccccc1N=C(N1CCNCC1)C2. The number of hydrogen-bond acceptors (Lipinski definition) is 3. The Kier molecular flexibility index (Phi) is 4.12. The van der Waals surface area contributed by atoms with Crippen LogP contribution in [0.4, 0.5) is 5.69 Å². The maximum atomic E-state index is 5.10. The fraction of sp³-hybridized carbons (Fsp3) is 0.350. The number of fused-ring (bicyclic) bond motifs is 2. The zero-order chi connectivity index (χ0) is 15.5. The van der Waals surface area contributed by atoms with Crippen LogP contribution in [0.5, 0.6) is 0 Å². The summed E-state index contributed by atoms with van der Waals surface area (Å²) in [6.07, 6.45) is 3.09. The maximum absolute atomic E-state index is 5.10. The van der Waals surface area contributed by atoms with Crippen molar-refractivity contribution in [1.29, 1.82) is 0 Å². The van der Waals surface area contributed by atoms with E-state index in [0.717, 1.165) is 51.1 Å². The third-order valence-electron chi connectivity index (χ3n) is 4.85. The lowest BCUT2D eigenvalue weighted by molar-refractivity contribution is 0.353. The lowest BCUT2D eigenvalue weighted by Gasteiger charge is -2.31. The highest BCUT2D eigenvalue weighted by molar-refractivity contribution is 5.88. The van der Waals surface area contributed by atoms with Gasteiger partial charge in [0.15, 0.2) is 0 Å². The van der Waals surface area contributed by atoms with Crippen LogP contribution in [0.25, 0.3) is 0 Å². The lowest BCUT2D eigenvalue weighted by Crippen LogP contribution is -2.47. The van der Waals surface area contributed by atoms with E-state index < -0.39 is 0 Å². The molecule has 0 unspecified atom stereocenters. The zero-order valence-corrected chi connectivity index (χ0v) is 13.5. The molecule has 1 saturated heterocycles. The summed E-state index contributed by atoms with van der Waals surface area (Å²) < 4.78 is 0. The third kappa shape index (κ3) is 3.15. The van der Waals surface area contributed by atoms with E-state index in [2.05, 4.69) is 58.7 Å². The average molecular weight is 305 g/mol. The number of benzene rings is 2. The molecule has 0 saturated carbocycles. The fourth-order valence-corrected chi connectivity index (χ4v) is 3.53. The van der Waals surface area contributed by atoms with Gasteiger partial charge in [0.25, 0.3) is 0 Å². The molecule has 1 fully saturated rings. The van der Waals surface area contributed by atoms with E-state index in [4.69, 9.17) is 4.99 Å². The molecule has 1 N–H and O–H groups in total. The second-order valence-corrected chi connectivity index (χ2v) is 6.34. The van der Waals surface area contributed by atoms with Gasteiger partial charge in [0, 0.05) is 32.6 Å². The number of aryl methyl sites for hydroxylation is 2. The molecule has 0 radical (unpaired) electrons. The predicted molar refractivity (Wildman–Crippen MR) is 95.5 cm³/mol. The van der Waals surface area contributed by atoms with E-state index in [1.165, 1.54) is 22.5 Å². The van der Waals surface area contributed by atoms with Crippen molar-refractivity contribution in [2.45, 2.75) is 19.3 Å². The van der Waals surface area contributed by atoms with Crippen molar-refractivity contribution in [2.75, 3.05) is 26.2 Å². The first-order valence-corrected chi connectivity index (χ1v) is 8.58. The van der Waals surface area contributed by atoms with Crippen LogP contribution in [0.1, 0.15) is 16.7 Å². The summed E-state index contributed by atoms with van der Waals surface area (Å²) in [5.74, 6) is 1.22. The minimum Gasteiger partial charge on any atom is -0.357 e. The molecule has 3 nitrogen and oxygen atoms in total. The molecular formula is C20H23N3. The summed E-state index contributed by atoms with van der Waals surface area (Å²) in [6.45, 7) is 4.18. The van der Waals surface area contributed by atoms with Crippen LogP contribution in [0, 0.1) is 0 Å². The molecule has 23 heavy (non-hydrogen) atoms. The van der Waals surface area contributed by atoms with Crippen LogP contribution in [0.2, 0.25) is 0 Å². The summed E-state index contributed by atoms with van der Waals surface area (Å²) >= 11 is 0. The van der Waals surface area contributed by atoms with E-state index in [1.54, 1.807) is 0 Å². The Morgan fingerprint density at radius 3 is 2.26 bits per heavy atom. The molecule has 2 aromatic rings. The predicted octanol–water partition coefficient (Wildman–Crippen LogP) is 2.96. The van der Waals surface area contributed by atoms with Crippen molar-refractivity contribution in [3.63, 3.8) is 0 Å². The number of para-hydroxylation sites is 1. The van der Waals surface area contributed by atoms with Gasteiger partial charge in [-0.25, -0.2) is 4.99 Å². The smallest absolute Gasteiger partial charge is 0.109 e. The van der Waals surface area contributed by atoms with Crippen molar-refractivity contribution in [1.82, 2.24) is 10.2 Å². The van der Waals surface area contributed by atoms with Crippen LogP contribution >= 0.6 is 0 Å². The summed E-state index contributed by atoms with van der Waals surface area (Å²) in [7, 11) is 0. The van der Waals surface area contributed by atoms with Gasteiger partial charge in [-0.3, -0.25) is 0 Å². The highest BCUT2D eigenvalue weighted by Gasteiger charge is 2.18. The number of amidine groups is 1. The molecule has 2 aliphatic rings. The fourth-order valence-electron chi connectivity index (χ4n) is 3.53. The van der Waals surface area contributed by atoms with Gasteiger partial charge in [0.2, 0.25) is 0 Å². The Labute approximate surface area is 138 Å². The molecule has 4 rings (SSSR count). The molecular weight excluding hydrogens is 282 g/mol. The van der Waals surface area contributed by atoms with E-state index >= 15 is 0 Å². The molecule has 0 atom stereocenters. The Bertz CT molecular complexity index is 714. The lowest BCUT2D eigenvalue weighted by atomic mass is 9.98. The maximum Gasteiger partial charge on any atom is 0.109 e. The Morgan fingerprint density at radius 2 is 1.43 bits per heavy atom. The van der Waals surface area contributed by atoms with Gasteiger partial charge in [-0.2, -0.15) is 0 Å². The number of nitrogens with one attached hydrogen (secondary N) is 1. The van der Waals surface area contributed by atoms with Crippen LogP contribution in [-0.2, 0) is 19.3 Å². The minimum atomic E-state index is 0.935. The molecule has 0 aromatic heterocycles. The first-order chi connectivity index (χ1) is 11.4. The second kappa shape index (κ2) is 6.55. The van der Waals surface area contributed by atoms with Gasteiger partial charge < -0.3 is 10.2 Å². The first-order valence-electron chi connectivity index (χ1n) is 8.58. The molecule has 0 amide bonds. The van der Waals surface area contributed by atoms with Crippen LogP contribution in [0.3, 0.4) is 0 Å². The highest BCUT2D eigenvalue weighted by Crippen LogP contribution is 2.25. The van der Waals surface area contributed by atoms with Crippen molar-refractivity contribution in [3.8, 4) is 0 Å². The molecule has 3 heteroatoms. The van der Waals surface area contributed by atoms with Crippen molar-refractivity contribution in [3.05, 3.63) is 65.2 Å². The molecule has 118 valence electrons. The number of aliphatic imine (C=N–C) groups is 1. The van der Waals surface area contributed by atoms with Crippen LogP contribution in [0.15, 0.2) is 53.5 Å². The number of rotatable bonds is 0. The Balaban J connectivity index is 1.78. The van der Waals surface area contributed by atoms with Crippen molar-refractivity contribution in [2.24, 2.45) is 4.99 Å². The molecule has 2 aromatic carbocycles. The first kappa shape index (κ1) is 14.5. The Hall–Kier alpha value is -2.13. The molecule has 0 spiro atoms. The number of hydrogen-bond donors (Lipinski definition) is 1. The van der Waals surface area contributed by atoms with Crippen molar-refractivity contribution < 1.29 is 0 Å².